The number of hydrogen-bond acceptors (Lipinski definition) is 5. The first-order chi connectivity index (χ1) is 18.4. The molecule has 2 saturated heterocycles. The fraction of sp³-hybridized carbons (Fsp3) is 0.480. The van der Waals surface area contributed by atoms with Crippen LogP contribution in [0.3, 0.4) is 0 Å². The van der Waals surface area contributed by atoms with E-state index in [1.807, 2.05) is 0 Å². The number of pyridine rings is 1. The van der Waals surface area contributed by atoms with E-state index < -0.39 is 46.4 Å². The Bertz CT molecular complexity index is 1240. The minimum atomic E-state index is -4.71. The van der Waals surface area contributed by atoms with Crippen molar-refractivity contribution in [1.82, 2.24) is 20.1 Å². The summed E-state index contributed by atoms with van der Waals surface area (Å²) in [5.41, 5.74) is -1.37. The van der Waals surface area contributed by atoms with Crippen molar-refractivity contribution in [2.24, 2.45) is 0 Å². The average molecular weight is 575 g/mol. The molecule has 4 rings (SSSR count). The Labute approximate surface area is 227 Å². The second-order valence-electron chi connectivity index (χ2n) is 9.50. The molecule has 0 spiro atoms. The fourth-order valence-corrected chi connectivity index (χ4v) is 4.92. The number of urea groups is 1. The van der Waals surface area contributed by atoms with Crippen molar-refractivity contribution >= 4 is 35.0 Å². The first-order valence-corrected chi connectivity index (χ1v) is 12.7. The molecule has 0 saturated carbocycles. The zero-order valence-corrected chi connectivity index (χ0v) is 22.1. The highest BCUT2D eigenvalue weighted by Gasteiger charge is 2.45. The van der Waals surface area contributed by atoms with E-state index in [2.05, 4.69) is 15.2 Å². The number of hydrogen-bond donors (Lipinski definition) is 1. The van der Waals surface area contributed by atoms with E-state index in [-0.39, 0.29) is 30.3 Å². The minimum absolute atomic E-state index is 0.000646. The molecule has 3 heterocycles. The smallest absolute Gasteiger partial charge is 0.322 e. The summed E-state index contributed by atoms with van der Waals surface area (Å²) < 4.78 is 69.1. The number of likely N-dealkylation sites (N-methyl/N-ethyl adjacent to an activating group) is 1. The molecule has 0 radical (unpaired) electrons. The Morgan fingerprint density at radius 3 is 2.54 bits per heavy atom. The van der Waals surface area contributed by atoms with E-state index in [1.54, 1.807) is 0 Å². The number of halogens is 6. The number of aryl methyl sites for hydroxylation is 1. The largest absolute Gasteiger partial charge is 0.416 e. The maximum atomic E-state index is 14.7. The van der Waals surface area contributed by atoms with Crippen LogP contribution in [0.4, 0.5) is 38.3 Å². The van der Waals surface area contributed by atoms with Crippen LogP contribution in [0.2, 0.25) is 5.02 Å². The molecule has 2 aliphatic heterocycles. The molecule has 1 aromatic heterocycles. The van der Waals surface area contributed by atoms with Crippen LogP contribution in [0.1, 0.15) is 17.7 Å². The number of amides is 3. The Morgan fingerprint density at radius 1 is 1.18 bits per heavy atom. The highest BCUT2D eigenvalue weighted by atomic mass is 35.5. The zero-order chi connectivity index (χ0) is 28.5. The molecular weight excluding hydrogens is 547 g/mol. The molecular formula is C25H28ClF5N6O2. The van der Waals surface area contributed by atoms with Crippen molar-refractivity contribution in [2.75, 3.05) is 62.7 Å². The zero-order valence-electron chi connectivity index (χ0n) is 21.4. The van der Waals surface area contributed by atoms with E-state index >= 15 is 0 Å². The molecule has 1 atom stereocenters. The van der Waals surface area contributed by atoms with Crippen molar-refractivity contribution in [3.63, 3.8) is 0 Å². The predicted molar refractivity (Wildman–Crippen MR) is 136 cm³/mol. The van der Waals surface area contributed by atoms with Crippen LogP contribution >= 0.6 is 11.6 Å². The lowest BCUT2D eigenvalue weighted by molar-refractivity contribution is -0.137. The molecule has 2 aromatic rings. The van der Waals surface area contributed by atoms with Crippen LogP contribution in [0, 0.1) is 18.6 Å². The molecule has 14 heteroatoms. The molecule has 1 aromatic carbocycles. The van der Waals surface area contributed by atoms with E-state index in [0.29, 0.717) is 19.0 Å². The number of carbonyl (C=O) groups is 2. The van der Waals surface area contributed by atoms with Crippen LogP contribution in [-0.4, -0.2) is 85.6 Å². The quantitative estimate of drug-likeness (QED) is 0.401. The van der Waals surface area contributed by atoms with Gasteiger partial charge in [0, 0.05) is 45.5 Å². The Morgan fingerprint density at radius 2 is 1.87 bits per heavy atom. The van der Waals surface area contributed by atoms with Gasteiger partial charge in [-0.25, -0.2) is 18.6 Å². The molecule has 3 amide bonds. The SMILES string of the molecule is Cc1cc(C(F)(F)F)cc(N2C(=O)N(CCCN3CCNCC3)C[C@H]2C(=O)N(C)c2ccc(F)c(Cl)c2F)n1. The molecule has 0 bridgehead atoms. The summed E-state index contributed by atoms with van der Waals surface area (Å²) in [6, 6.07) is 1.46. The van der Waals surface area contributed by atoms with E-state index in [4.69, 9.17) is 11.6 Å². The fourth-order valence-electron chi connectivity index (χ4n) is 4.76. The van der Waals surface area contributed by atoms with E-state index in [1.165, 1.54) is 18.9 Å². The number of nitrogens with zero attached hydrogens (tertiary/aromatic N) is 5. The third-order valence-corrected chi connectivity index (χ3v) is 7.15. The second kappa shape index (κ2) is 11.6. The Kier molecular flexibility index (Phi) is 8.62. The number of benzene rings is 1. The molecule has 1 N–H and O–H groups in total. The first-order valence-electron chi connectivity index (χ1n) is 12.4. The van der Waals surface area contributed by atoms with Crippen LogP contribution in [-0.2, 0) is 11.0 Å². The van der Waals surface area contributed by atoms with Gasteiger partial charge in [0.1, 0.15) is 22.7 Å². The Balaban J connectivity index is 1.64. The molecule has 39 heavy (non-hydrogen) atoms. The molecule has 212 valence electrons. The van der Waals surface area contributed by atoms with Gasteiger partial charge in [-0.1, -0.05) is 11.6 Å². The summed E-state index contributed by atoms with van der Waals surface area (Å²) in [5, 5.41) is 2.44. The van der Waals surface area contributed by atoms with Gasteiger partial charge in [-0.3, -0.25) is 9.69 Å². The van der Waals surface area contributed by atoms with Gasteiger partial charge in [-0.2, -0.15) is 13.2 Å². The van der Waals surface area contributed by atoms with Crippen molar-refractivity contribution in [1.29, 1.82) is 0 Å². The van der Waals surface area contributed by atoms with Gasteiger partial charge >= 0.3 is 12.2 Å². The molecule has 8 nitrogen and oxygen atoms in total. The van der Waals surface area contributed by atoms with Crippen LogP contribution in [0.15, 0.2) is 24.3 Å². The standard InChI is InChI=1S/C25H28ClF5N6O2/c1-15-12-16(25(29,30)31)13-20(33-15)37-19(23(38)34(2)18-5-4-17(27)21(26)22(18)28)14-36(24(37)39)9-3-8-35-10-6-32-7-11-35/h4-5,12-13,19,32H,3,6-11,14H2,1-2H3/t19-/m0/s1. The maximum absolute atomic E-state index is 14.7. The van der Waals surface area contributed by atoms with Crippen molar-refractivity contribution in [2.45, 2.75) is 25.6 Å². The third kappa shape index (κ3) is 6.25. The lowest BCUT2D eigenvalue weighted by Gasteiger charge is -2.27. The van der Waals surface area contributed by atoms with Crippen molar-refractivity contribution in [3.8, 4) is 0 Å². The van der Waals surface area contributed by atoms with Gasteiger partial charge in [-0.05, 0) is 44.2 Å². The molecule has 0 unspecified atom stereocenters. The predicted octanol–water partition coefficient (Wildman–Crippen LogP) is 3.91. The number of anilines is 2. The van der Waals surface area contributed by atoms with Gasteiger partial charge in [-0.15, -0.1) is 0 Å². The van der Waals surface area contributed by atoms with E-state index in [9.17, 15) is 31.5 Å². The molecule has 2 aliphatic rings. The van der Waals surface area contributed by atoms with Gasteiger partial charge in [0.15, 0.2) is 5.82 Å². The summed E-state index contributed by atoms with van der Waals surface area (Å²) in [6.07, 6.45) is -4.13. The number of aromatic nitrogens is 1. The van der Waals surface area contributed by atoms with Gasteiger partial charge in [0.2, 0.25) is 0 Å². The topological polar surface area (TPSA) is 72.0 Å². The van der Waals surface area contributed by atoms with Crippen LogP contribution in [0.25, 0.3) is 0 Å². The number of carbonyl (C=O) groups excluding carboxylic acids is 2. The third-order valence-electron chi connectivity index (χ3n) is 6.80. The number of piperazine rings is 1. The highest BCUT2D eigenvalue weighted by molar-refractivity contribution is 6.31. The first kappa shape index (κ1) is 29.0. The number of alkyl halides is 3. The van der Waals surface area contributed by atoms with Gasteiger partial charge in [0.05, 0.1) is 17.8 Å². The lowest BCUT2D eigenvalue weighted by Crippen LogP contribution is -2.47. The van der Waals surface area contributed by atoms with Crippen LogP contribution in [0.5, 0.6) is 0 Å². The van der Waals surface area contributed by atoms with Crippen molar-refractivity contribution in [3.05, 3.63) is 52.2 Å². The number of nitrogens with one attached hydrogen (secondary N) is 1. The lowest BCUT2D eigenvalue weighted by atomic mass is 10.1. The van der Waals surface area contributed by atoms with Crippen molar-refractivity contribution < 1.29 is 31.5 Å². The second-order valence-corrected chi connectivity index (χ2v) is 9.88. The summed E-state index contributed by atoms with van der Waals surface area (Å²) in [4.78, 5) is 36.6. The van der Waals surface area contributed by atoms with E-state index in [0.717, 1.165) is 54.2 Å². The molecule has 0 aliphatic carbocycles. The van der Waals surface area contributed by atoms with Crippen LogP contribution < -0.4 is 15.1 Å². The monoisotopic (exact) mass is 574 g/mol. The number of rotatable bonds is 7. The molecule has 2 fully saturated rings. The maximum Gasteiger partial charge on any atom is 0.416 e. The van der Waals surface area contributed by atoms with Gasteiger partial charge in [0.25, 0.3) is 5.91 Å². The summed E-state index contributed by atoms with van der Waals surface area (Å²) >= 11 is 5.68. The van der Waals surface area contributed by atoms with Gasteiger partial charge < -0.3 is 20.0 Å². The summed E-state index contributed by atoms with van der Waals surface area (Å²) in [7, 11) is 1.22. The normalized spacial score (nSPS) is 18.7. The minimum Gasteiger partial charge on any atom is -0.322 e. The highest BCUT2D eigenvalue weighted by Crippen LogP contribution is 2.35. The average Bonchev–Trinajstić information content (AvgIpc) is 3.22. The summed E-state index contributed by atoms with van der Waals surface area (Å²) in [6.45, 7) is 5.55. The Hall–Kier alpha value is -3.03. The summed E-state index contributed by atoms with van der Waals surface area (Å²) in [5.74, 6) is -3.34.